The lowest BCUT2D eigenvalue weighted by Gasteiger charge is -2.18. The van der Waals surface area contributed by atoms with Crippen LogP contribution in [0.4, 0.5) is 5.69 Å². The van der Waals surface area contributed by atoms with Crippen molar-refractivity contribution in [3.63, 3.8) is 0 Å². The van der Waals surface area contributed by atoms with Crippen LogP contribution in [-0.2, 0) is 4.79 Å². The highest BCUT2D eigenvalue weighted by molar-refractivity contribution is 5.97. The van der Waals surface area contributed by atoms with E-state index in [1.165, 1.54) is 0 Å². The SMILES string of the molecule is COc1cc(C(C)C)ccc1NC(=O)C(C)(C)C#N. The van der Waals surface area contributed by atoms with Crippen LogP contribution in [0.15, 0.2) is 18.2 Å². The highest BCUT2D eigenvalue weighted by atomic mass is 16.5. The van der Waals surface area contributed by atoms with Crippen LogP contribution in [-0.4, -0.2) is 13.0 Å². The van der Waals surface area contributed by atoms with Gasteiger partial charge in [0.2, 0.25) is 5.91 Å². The molecule has 0 bridgehead atoms. The molecule has 0 atom stereocenters. The van der Waals surface area contributed by atoms with Gasteiger partial charge in [0.1, 0.15) is 11.2 Å². The molecular weight excluding hydrogens is 240 g/mol. The molecule has 19 heavy (non-hydrogen) atoms. The molecule has 0 spiro atoms. The third-order valence-electron chi connectivity index (χ3n) is 2.99. The Kier molecular flexibility index (Phi) is 4.55. The molecule has 4 nitrogen and oxygen atoms in total. The zero-order valence-corrected chi connectivity index (χ0v) is 12.1. The van der Waals surface area contributed by atoms with Crippen molar-refractivity contribution in [2.75, 3.05) is 12.4 Å². The van der Waals surface area contributed by atoms with Crippen molar-refractivity contribution < 1.29 is 9.53 Å². The number of amides is 1. The van der Waals surface area contributed by atoms with Gasteiger partial charge in [0, 0.05) is 0 Å². The Morgan fingerprint density at radius 2 is 2.05 bits per heavy atom. The van der Waals surface area contributed by atoms with Gasteiger partial charge in [-0.05, 0) is 37.5 Å². The molecule has 1 rings (SSSR count). The Balaban J connectivity index is 3.03. The highest BCUT2D eigenvalue weighted by Crippen LogP contribution is 2.30. The minimum absolute atomic E-state index is 0.342. The molecule has 0 aliphatic rings. The first kappa shape index (κ1) is 15.0. The molecule has 0 aliphatic heterocycles. The molecule has 0 saturated carbocycles. The molecule has 1 aromatic rings. The summed E-state index contributed by atoms with van der Waals surface area (Å²) in [5.74, 6) is 0.646. The Bertz CT molecular complexity index is 513. The molecule has 1 N–H and O–H groups in total. The molecule has 0 fully saturated rings. The summed E-state index contributed by atoms with van der Waals surface area (Å²) < 4.78 is 5.29. The van der Waals surface area contributed by atoms with Gasteiger partial charge in [-0.2, -0.15) is 5.26 Å². The maximum Gasteiger partial charge on any atom is 0.244 e. The molecule has 0 saturated heterocycles. The average Bonchev–Trinajstić information content (AvgIpc) is 2.38. The van der Waals surface area contributed by atoms with Gasteiger partial charge in [-0.15, -0.1) is 0 Å². The smallest absolute Gasteiger partial charge is 0.244 e. The van der Waals surface area contributed by atoms with Crippen LogP contribution in [0.1, 0.15) is 39.2 Å². The van der Waals surface area contributed by atoms with E-state index in [1.54, 1.807) is 27.0 Å². The first-order valence-electron chi connectivity index (χ1n) is 6.22. The van der Waals surface area contributed by atoms with Crippen molar-refractivity contribution in [2.45, 2.75) is 33.6 Å². The molecule has 0 aliphatic carbocycles. The molecule has 102 valence electrons. The number of nitriles is 1. The van der Waals surface area contributed by atoms with Crippen molar-refractivity contribution in [1.29, 1.82) is 5.26 Å². The molecule has 1 amide bonds. The topological polar surface area (TPSA) is 62.1 Å². The second kappa shape index (κ2) is 5.75. The summed E-state index contributed by atoms with van der Waals surface area (Å²) in [6, 6.07) is 7.63. The number of ether oxygens (including phenoxy) is 1. The maximum atomic E-state index is 12.0. The first-order valence-corrected chi connectivity index (χ1v) is 6.22. The summed E-state index contributed by atoms with van der Waals surface area (Å²) in [6.45, 7) is 7.34. The highest BCUT2D eigenvalue weighted by Gasteiger charge is 2.27. The summed E-state index contributed by atoms with van der Waals surface area (Å²) in [4.78, 5) is 12.0. The minimum atomic E-state index is -1.07. The van der Waals surface area contributed by atoms with E-state index in [2.05, 4.69) is 19.2 Å². The van der Waals surface area contributed by atoms with Gasteiger partial charge in [0.25, 0.3) is 0 Å². The van der Waals surface area contributed by atoms with Crippen molar-refractivity contribution in [1.82, 2.24) is 0 Å². The van der Waals surface area contributed by atoms with E-state index in [1.807, 2.05) is 18.2 Å². The van der Waals surface area contributed by atoms with Gasteiger partial charge < -0.3 is 10.1 Å². The third-order valence-corrected chi connectivity index (χ3v) is 2.99. The molecule has 0 unspecified atom stereocenters. The van der Waals surface area contributed by atoms with Crippen molar-refractivity contribution in [3.8, 4) is 11.8 Å². The van der Waals surface area contributed by atoms with E-state index < -0.39 is 5.41 Å². The molecule has 0 radical (unpaired) electrons. The van der Waals surface area contributed by atoms with E-state index >= 15 is 0 Å². The summed E-state index contributed by atoms with van der Waals surface area (Å²) in [5.41, 5.74) is 0.650. The van der Waals surface area contributed by atoms with Crippen LogP contribution in [0, 0.1) is 16.7 Å². The number of nitrogens with one attached hydrogen (secondary N) is 1. The second-order valence-corrected chi connectivity index (χ2v) is 5.31. The van der Waals surface area contributed by atoms with E-state index in [9.17, 15) is 4.79 Å². The normalized spacial score (nSPS) is 11.0. The van der Waals surface area contributed by atoms with Crippen LogP contribution in [0.25, 0.3) is 0 Å². The Morgan fingerprint density at radius 1 is 1.42 bits per heavy atom. The van der Waals surface area contributed by atoms with Crippen LogP contribution in [0.5, 0.6) is 5.75 Å². The number of carbonyl (C=O) groups excluding carboxylic acids is 1. The molecule has 0 aromatic heterocycles. The minimum Gasteiger partial charge on any atom is -0.495 e. The van der Waals surface area contributed by atoms with Crippen LogP contribution in [0.2, 0.25) is 0 Å². The summed E-state index contributed by atoms with van der Waals surface area (Å²) in [6.07, 6.45) is 0. The average molecular weight is 260 g/mol. The van der Waals surface area contributed by atoms with Gasteiger partial charge >= 0.3 is 0 Å². The fourth-order valence-electron chi connectivity index (χ4n) is 1.50. The number of methoxy groups -OCH3 is 1. The molecule has 4 heteroatoms. The van der Waals surface area contributed by atoms with Crippen LogP contribution >= 0.6 is 0 Å². The number of hydrogen-bond donors (Lipinski definition) is 1. The molecular formula is C15H20N2O2. The Hall–Kier alpha value is -2.02. The fraction of sp³-hybridized carbons (Fsp3) is 0.467. The lowest BCUT2D eigenvalue weighted by Crippen LogP contribution is -2.29. The van der Waals surface area contributed by atoms with Gasteiger partial charge in [0.15, 0.2) is 0 Å². The van der Waals surface area contributed by atoms with Crippen molar-refractivity contribution in [3.05, 3.63) is 23.8 Å². The number of hydrogen-bond acceptors (Lipinski definition) is 3. The lowest BCUT2D eigenvalue weighted by molar-refractivity contribution is -0.121. The zero-order chi connectivity index (χ0) is 14.6. The predicted molar refractivity (Wildman–Crippen MR) is 75.1 cm³/mol. The quantitative estimate of drug-likeness (QED) is 0.903. The van der Waals surface area contributed by atoms with Crippen LogP contribution in [0.3, 0.4) is 0 Å². The number of rotatable bonds is 4. The van der Waals surface area contributed by atoms with E-state index in [0.717, 1.165) is 5.56 Å². The zero-order valence-electron chi connectivity index (χ0n) is 12.1. The lowest BCUT2D eigenvalue weighted by atomic mass is 9.94. The maximum absolute atomic E-state index is 12.0. The number of benzene rings is 1. The Morgan fingerprint density at radius 3 is 2.53 bits per heavy atom. The molecule has 1 aromatic carbocycles. The predicted octanol–water partition coefficient (Wildman–Crippen LogP) is 3.31. The van der Waals surface area contributed by atoms with E-state index in [0.29, 0.717) is 17.4 Å². The molecule has 0 heterocycles. The number of anilines is 1. The monoisotopic (exact) mass is 260 g/mol. The number of carbonyl (C=O) groups is 1. The second-order valence-electron chi connectivity index (χ2n) is 5.31. The van der Waals surface area contributed by atoms with Gasteiger partial charge in [-0.1, -0.05) is 19.9 Å². The summed E-state index contributed by atoms with van der Waals surface area (Å²) in [5, 5.41) is 11.7. The van der Waals surface area contributed by atoms with Crippen LogP contribution < -0.4 is 10.1 Å². The van der Waals surface area contributed by atoms with E-state index in [-0.39, 0.29) is 5.91 Å². The third kappa shape index (κ3) is 3.47. The largest absolute Gasteiger partial charge is 0.495 e. The van der Waals surface area contributed by atoms with Crippen molar-refractivity contribution in [2.24, 2.45) is 5.41 Å². The van der Waals surface area contributed by atoms with Crippen molar-refractivity contribution >= 4 is 11.6 Å². The summed E-state index contributed by atoms with van der Waals surface area (Å²) in [7, 11) is 1.56. The van der Waals surface area contributed by atoms with Gasteiger partial charge in [-0.3, -0.25) is 4.79 Å². The fourth-order valence-corrected chi connectivity index (χ4v) is 1.50. The van der Waals surface area contributed by atoms with E-state index in [4.69, 9.17) is 10.00 Å². The Labute approximate surface area is 114 Å². The summed E-state index contributed by atoms with van der Waals surface area (Å²) >= 11 is 0. The van der Waals surface area contributed by atoms with Gasteiger partial charge in [-0.25, -0.2) is 0 Å². The first-order chi connectivity index (χ1) is 8.81. The standard InChI is InChI=1S/C15H20N2O2/c1-10(2)11-6-7-12(13(8-11)19-5)17-14(18)15(3,4)9-16/h6-8,10H,1-5H3,(H,17,18). The number of nitrogens with zero attached hydrogens (tertiary/aromatic N) is 1. The van der Waals surface area contributed by atoms with Gasteiger partial charge in [0.05, 0.1) is 18.9 Å².